The second-order valence-corrected chi connectivity index (χ2v) is 8.65. The van der Waals surface area contributed by atoms with Crippen molar-refractivity contribution in [2.24, 2.45) is 0 Å². The Kier molecular flexibility index (Phi) is 5.42. The molecule has 0 unspecified atom stereocenters. The summed E-state index contributed by atoms with van der Waals surface area (Å²) in [4.78, 5) is 16.5. The average molecular weight is 433 g/mol. The minimum absolute atomic E-state index is 0.632. The van der Waals surface area contributed by atoms with Gasteiger partial charge in [-0.2, -0.15) is 0 Å². The average Bonchev–Trinajstić information content (AvgIpc) is 3.21. The molecule has 3 heterocycles. The number of aromatic nitrogens is 3. The van der Waals surface area contributed by atoms with Crippen LogP contribution in [-0.2, 0) is 19.4 Å². The summed E-state index contributed by atoms with van der Waals surface area (Å²) in [6.07, 6.45) is 8.26. The van der Waals surface area contributed by atoms with Crippen LogP contribution in [0, 0.1) is 0 Å². The predicted molar refractivity (Wildman–Crippen MR) is 124 cm³/mol. The first-order valence-corrected chi connectivity index (χ1v) is 11.3. The van der Waals surface area contributed by atoms with Crippen molar-refractivity contribution in [1.82, 2.24) is 15.0 Å². The van der Waals surface area contributed by atoms with Gasteiger partial charge in [0.2, 0.25) is 0 Å². The van der Waals surface area contributed by atoms with Gasteiger partial charge >= 0.3 is 0 Å². The number of fused-ring (bicyclic) bond motifs is 3. The molecule has 0 spiro atoms. The highest BCUT2D eigenvalue weighted by molar-refractivity contribution is 7.19. The summed E-state index contributed by atoms with van der Waals surface area (Å²) in [5, 5.41) is 4.76. The van der Waals surface area contributed by atoms with Crippen molar-refractivity contribution in [3.05, 3.63) is 58.7 Å². The number of methoxy groups -OCH3 is 2. The molecule has 0 saturated carbocycles. The van der Waals surface area contributed by atoms with Crippen molar-refractivity contribution in [2.45, 2.75) is 32.2 Å². The zero-order chi connectivity index (χ0) is 21.2. The lowest BCUT2D eigenvalue weighted by Gasteiger charge is -2.14. The van der Waals surface area contributed by atoms with Crippen LogP contribution >= 0.6 is 11.3 Å². The number of ether oxygens (including phenoxy) is 2. The van der Waals surface area contributed by atoms with Crippen LogP contribution in [0.1, 0.15) is 28.8 Å². The van der Waals surface area contributed by atoms with Crippen LogP contribution < -0.4 is 14.8 Å². The molecule has 6 nitrogen and oxygen atoms in total. The van der Waals surface area contributed by atoms with Gasteiger partial charge in [0.05, 0.1) is 19.6 Å². The first-order valence-electron chi connectivity index (χ1n) is 10.4. The Morgan fingerprint density at radius 1 is 0.968 bits per heavy atom. The van der Waals surface area contributed by atoms with Crippen LogP contribution in [0.2, 0.25) is 0 Å². The van der Waals surface area contributed by atoms with E-state index in [4.69, 9.17) is 19.4 Å². The Balaban J connectivity index is 1.55. The fourth-order valence-electron chi connectivity index (χ4n) is 4.09. The molecule has 158 valence electrons. The maximum Gasteiger partial charge on any atom is 0.163 e. The van der Waals surface area contributed by atoms with E-state index in [1.54, 1.807) is 26.6 Å². The van der Waals surface area contributed by atoms with Crippen molar-refractivity contribution in [3.8, 4) is 22.9 Å². The van der Waals surface area contributed by atoms with Crippen LogP contribution in [0.15, 0.2) is 42.7 Å². The maximum atomic E-state index is 5.46. The summed E-state index contributed by atoms with van der Waals surface area (Å²) in [5.74, 6) is 3.07. The Labute approximate surface area is 185 Å². The van der Waals surface area contributed by atoms with Crippen LogP contribution in [0.25, 0.3) is 21.6 Å². The van der Waals surface area contributed by atoms with Crippen LogP contribution in [0.5, 0.6) is 11.5 Å². The molecule has 0 amide bonds. The largest absolute Gasteiger partial charge is 0.493 e. The third-order valence-corrected chi connectivity index (χ3v) is 6.85. The van der Waals surface area contributed by atoms with Gasteiger partial charge in [-0.1, -0.05) is 6.07 Å². The summed E-state index contributed by atoms with van der Waals surface area (Å²) >= 11 is 1.81. The van der Waals surface area contributed by atoms with Crippen molar-refractivity contribution in [3.63, 3.8) is 0 Å². The van der Waals surface area contributed by atoms with E-state index >= 15 is 0 Å². The highest BCUT2D eigenvalue weighted by Crippen LogP contribution is 2.40. The van der Waals surface area contributed by atoms with Gasteiger partial charge in [0.1, 0.15) is 10.6 Å². The molecule has 0 radical (unpaired) electrons. The molecular formula is C24H24N4O2S. The fourth-order valence-corrected chi connectivity index (χ4v) is 5.35. The normalized spacial score (nSPS) is 13.1. The molecule has 1 aliphatic rings. The van der Waals surface area contributed by atoms with Gasteiger partial charge in [0.15, 0.2) is 17.3 Å². The van der Waals surface area contributed by atoms with Gasteiger partial charge < -0.3 is 14.8 Å². The van der Waals surface area contributed by atoms with E-state index < -0.39 is 0 Å². The number of aryl methyl sites for hydroxylation is 2. The SMILES string of the molecule is COc1ccc(CNc2nc(-c3ccncc3)nc3sc4c(c23)CCCC4)cc1OC. The summed E-state index contributed by atoms with van der Waals surface area (Å²) in [6.45, 7) is 0.632. The number of hydrogen-bond donors (Lipinski definition) is 1. The first kappa shape index (κ1) is 19.8. The number of hydrogen-bond acceptors (Lipinski definition) is 7. The van der Waals surface area contributed by atoms with Gasteiger partial charge in [0, 0.05) is 29.4 Å². The summed E-state index contributed by atoms with van der Waals surface area (Å²) in [5.41, 5.74) is 3.48. The van der Waals surface area contributed by atoms with Crippen LogP contribution in [-0.4, -0.2) is 29.2 Å². The standard InChI is InChI=1S/C24H24N4O2S/c1-29-18-8-7-15(13-19(18)30-2)14-26-23-21-17-5-3-4-6-20(17)31-24(21)28-22(27-23)16-9-11-25-12-10-16/h7-13H,3-6,14H2,1-2H3,(H,26,27,28). The number of anilines is 1. The van der Waals surface area contributed by atoms with Gasteiger partial charge in [-0.25, -0.2) is 9.97 Å². The van der Waals surface area contributed by atoms with E-state index in [0.29, 0.717) is 6.54 Å². The molecule has 0 aliphatic heterocycles. The molecular weight excluding hydrogens is 408 g/mol. The highest BCUT2D eigenvalue weighted by Gasteiger charge is 2.21. The third kappa shape index (κ3) is 3.81. The number of nitrogens with one attached hydrogen (secondary N) is 1. The van der Waals surface area contributed by atoms with Crippen LogP contribution in [0.4, 0.5) is 5.82 Å². The maximum absolute atomic E-state index is 5.46. The Hall–Kier alpha value is -3.19. The highest BCUT2D eigenvalue weighted by atomic mass is 32.1. The van der Waals surface area contributed by atoms with E-state index in [-0.39, 0.29) is 0 Å². The summed E-state index contributed by atoms with van der Waals surface area (Å²) in [6, 6.07) is 9.87. The Bertz CT molecular complexity index is 1220. The van der Waals surface area contributed by atoms with Gasteiger partial charge in [-0.05, 0) is 61.1 Å². The van der Waals surface area contributed by atoms with E-state index in [2.05, 4.69) is 10.3 Å². The predicted octanol–water partition coefficient (Wildman–Crippen LogP) is 5.26. The molecule has 7 heteroatoms. The number of rotatable bonds is 6. The minimum atomic E-state index is 0.632. The number of pyridine rings is 1. The third-order valence-electron chi connectivity index (χ3n) is 5.66. The lowest BCUT2D eigenvalue weighted by atomic mass is 9.97. The lowest BCUT2D eigenvalue weighted by Crippen LogP contribution is -2.06. The number of thiophene rings is 1. The van der Waals surface area contributed by atoms with E-state index in [1.165, 1.54) is 28.7 Å². The van der Waals surface area contributed by atoms with Crippen LogP contribution in [0.3, 0.4) is 0 Å². The lowest BCUT2D eigenvalue weighted by molar-refractivity contribution is 0.354. The quantitative estimate of drug-likeness (QED) is 0.448. The van der Waals surface area contributed by atoms with Gasteiger partial charge in [-0.3, -0.25) is 4.98 Å². The van der Waals surface area contributed by atoms with E-state index in [0.717, 1.165) is 51.9 Å². The molecule has 3 aromatic heterocycles. The minimum Gasteiger partial charge on any atom is -0.493 e. The molecule has 0 saturated heterocycles. The summed E-state index contributed by atoms with van der Waals surface area (Å²) < 4.78 is 10.8. The van der Waals surface area contributed by atoms with Crippen molar-refractivity contribution in [1.29, 1.82) is 0 Å². The molecule has 1 aromatic carbocycles. The van der Waals surface area contributed by atoms with Crippen molar-refractivity contribution >= 4 is 27.4 Å². The first-order chi connectivity index (χ1) is 15.3. The molecule has 5 rings (SSSR count). The summed E-state index contributed by atoms with van der Waals surface area (Å²) in [7, 11) is 3.30. The van der Waals surface area contributed by atoms with Gasteiger partial charge in [0.25, 0.3) is 0 Å². The van der Waals surface area contributed by atoms with Crippen molar-refractivity contribution in [2.75, 3.05) is 19.5 Å². The number of nitrogens with zero attached hydrogens (tertiary/aromatic N) is 3. The zero-order valence-electron chi connectivity index (χ0n) is 17.6. The smallest absolute Gasteiger partial charge is 0.163 e. The van der Waals surface area contributed by atoms with Crippen molar-refractivity contribution < 1.29 is 9.47 Å². The molecule has 0 atom stereocenters. The molecule has 4 aromatic rings. The fraction of sp³-hybridized carbons (Fsp3) is 0.292. The van der Waals surface area contributed by atoms with Gasteiger partial charge in [-0.15, -0.1) is 11.3 Å². The zero-order valence-corrected chi connectivity index (χ0v) is 18.5. The second-order valence-electron chi connectivity index (χ2n) is 7.57. The molecule has 0 fully saturated rings. The monoisotopic (exact) mass is 432 g/mol. The van der Waals surface area contributed by atoms with E-state index in [9.17, 15) is 0 Å². The molecule has 0 bridgehead atoms. The second kappa shape index (κ2) is 8.51. The number of benzene rings is 1. The topological polar surface area (TPSA) is 69.2 Å². The molecule has 31 heavy (non-hydrogen) atoms. The Morgan fingerprint density at radius 2 is 1.77 bits per heavy atom. The van der Waals surface area contributed by atoms with E-state index in [1.807, 2.05) is 41.7 Å². The molecule has 1 aliphatic carbocycles. The Morgan fingerprint density at radius 3 is 2.58 bits per heavy atom. The molecule has 1 N–H and O–H groups in total.